The number of alkyl halides is 3. The Hall–Kier alpha value is -2.97. The molecule has 0 spiro atoms. The molecule has 2 amide bonds. The number of halogens is 4. The van der Waals surface area contributed by atoms with Crippen LogP contribution in [0.3, 0.4) is 0 Å². The highest BCUT2D eigenvalue weighted by molar-refractivity contribution is 8.00. The molecule has 32 heavy (non-hydrogen) atoms. The molecular formula is C23H18ClF3N2O2S. The standard InChI is InChI=1S/C23H18ClF3N2O2S/c1-14(21(30)28-18-8-3-6-16(12-18)23(25,26)27)32-20-10-4-9-19(13-20)29-22(31)15-5-2-7-17(24)11-15/h2-14H,1H3,(H,28,30)(H,29,31). The van der Waals surface area contributed by atoms with Gasteiger partial charge in [-0.15, -0.1) is 11.8 Å². The Balaban J connectivity index is 1.63. The van der Waals surface area contributed by atoms with E-state index in [1.165, 1.54) is 23.9 Å². The van der Waals surface area contributed by atoms with Crippen molar-refractivity contribution in [2.45, 2.75) is 23.2 Å². The van der Waals surface area contributed by atoms with E-state index in [4.69, 9.17) is 11.6 Å². The molecule has 0 radical (unpaired) electrons. The van der Waals surface area contributed by atoms with Crippen LogP contribution >= 0.6 is 23.4 Å². The van der Waals surface area contributed by atoms with Crippen LogP contribution in [0.5, 0.6) is 0 Å². The first kappa shape index (κ1) is 23.7. The van der Waals surface area contributed by atoms with Crippen molar-refractivity contribution >= 4 is 46.6 Å². The van der Waals surface area contributed by atoms with Crippen molar-refractivity contribution < 1.29 is 22.8 Å². The molecule has 0 saturated heterocycles. The maximum atomic E-state index is 12.9. The van der Waals surface area contributed by atoms with Crippen LogP contribution in [0, 0.1) is 0 Å². The summed E-state index contributed by atoms with van der Waals surface area (Å²) in [6.07, 6.45) is -4.49. The number of thioether (sulfide) groups is 1. The van der Waals surface area contributed by atoms with E-state index in [9.17, 15) is 22.8 Å². The number of anilines is 2. The second kappa shape index (κ2) is 10.1. The predicted octanol–water partition coefficient (Wildman–Crippen LogP) is 6.73. The summed E-state index contributed by atoms with van der Waals surface area (Å²) in [4.78, 5) is 25.6. The van der Waals surface area contributed by atoms with Crippen LogP contribution in [0.4, 0.5) is 24.5 Å². The number of carbonyl (C=O) groups is 2. The fourth-order valence-corrected chi connectivity index (χ4v) is 3.87. The Kier molecular flexibility index (Phi) is 7.48. The third-order valence-electron chi connectivity index (χ3n) is 4.32. The predicted molar refractivity (Wildman–Crippen MR) is 121 cm³/mol. The lowest BCUT2D eigenvalue weighted by Crippen LogP contribution is -2.22. The smallest absolute Gasteiger partial charge is 0.325 e. The number of amides is 2. The van der Waals surface area contributed by atoms with Gasteiger partial charge in [-0.1, -0.05) is 29.8 Å². The summed E-state index contributed by atoms with van der Waals surface area (Å²) in [6.45, 7) is 1.64. The number of nitrogens with one attached hydrogen (secondary N) is 2. The fraction of sp³-hybridized carbons (Fsp3) is 0.130. The van der Waals surface area contributed by atoms with Crippen molar-refractivity contribution in [3.05, 3.63) is 88.9 Å². The fourth-order valence-electron chi connectivity index (χ4n) is 2.75. The van der Waals surface area contributed by atoms with E-state index < -0.39 is 22.9 Å². The summed E-state index contributed by atoms with van der Waals surface area (Å²) in [5, 5.41) is 5.13. The van der Waals surface area contributed by atoms with Crippen LogP contribution < -0.4 is 10.6 Å². The lowest BCUT2D eigenvalue weighted by Gasteiger charge is -2.14. The largest absolute Gasteiger partial charge is 0.416 e. The molecule has 3 rings (SSSR count). The highest BCUT2D eigenvalue weighted by Crippen LogP contribution is 2.31. The van der Waals surface area contributed by atoms with Gasteiger partial charge in [0.2, 0.25) is 5.91 Å². The number of benzene rings is 3. The maximum absolute atomic E-state index is 12.9. The zero-order chi connectivity index (χ0) is 23.3. The van der Waals surface area contributed by atoms with E-state index in [0.29, 0.717) is 21.2 Å². The molecule has 0 bridgehead atoms. The minimum atomic E-state index is -4.49. The highest BCUT2D eigenvalue weighted by Gasteiger charge is 2.30. The molecule has 166 valence electrons. The first-order valence-corrected chi connectivity index (χ1v) is 10.7. The van der Waals surface area contributed by atoms with Gasteiger partial charge in [-0.25, -0.2) is 0 Å². The van der Waals surface area contributed by atoms with Crippen LogP contribution in [0.2, 0.25) is 5.02 Å². The molecule has 0 aliphatic rings. The lowest BCUT2D eigenvalue weighted by molar-refractivity contribution is -0.137. The highest BCUT2D eigenvalue weighted by atomic mass is 35.5. The van der Waals surface area contributed by atoms with Gasteiger partial charge in [0.1, 0.15) is 0 Å². The zero-order valence-corrected chi connectivity index (χ0v) is 18.3. The summed E-state index contributed by atoms with van der Waals surface area (Å²) in [5.41, 5.74) is 0.174. The Morgan fingerprint density at radius 1 is 0.906 bits per heavy atom. The molecule has 0 aliphatic carbocycles. The minimum absolute atomic E-state index is 0.0693. The van der Waals surface area contributed by atoms with Crippen LogP contribution in [0.1, 0.15) is 22.8 Å². The Bertz CT molecular complexity index is 1140. The molecule has 0 aromatic heterocycles. The number of carbonyl (C=O) groups excluding carboxylic acids is 2. The first-order valence-electron chi connectivity index (χ1n) is 9.43. The second-order valence-corrected chi connectivity index (χ2v) is 8.67. The Morgan fingerprint density at radius 3 is 2.25 bits per heavy atom. The molecule has 3 aromatic rings. The lowest BCUT2D eigenvalue weighted by atomic mass is 10.2. The van der Waals surface area contributed by atoms with Crippen molar-refractivity contribution in [1.29, 1.82) is 0 Å². The Labute approximate surface area is 192 Å². The van der Waals surface area contributed by atoms with Crippen molar-refractivity contribution in [2.75, 3.05) is 10.6 Å². The molecule has 9 heteroatoms. The zero-order valence-electron chi connectivity index (χ0n) is 16.7. The third kappa shape index (κ3) is 6.51. The number of rotatable bonds is 6. The molecule has 0 saturated carbocycles. The molecule has 1 atom stereocenters. The average Bonchev–Trinajstić information content (AvgIpc) is 2.73. The van der Waals surface area contributed by atoms with E-state index in [-0.39, 0.29) is 11.6 Å². The molecule has 3 aromatic carbocycles. The van der Waals surface area contributed by atoms with E-state index in [0.717, 1.165) is 12.1 Å². The molecule has 4 nitrogen and oxygen atoms in total. The number of hydrogen-bond acceptors (Lipinski definition) is 3. The summed E-state index contributed by atoms with van der Waals surface area (Å²) in [5.74, 6) is -0.771. The quantitative estimate of drug-likeness (QED) is 0.386. The molecular weight excluding hydrogens is 461 g/mol. The van der Waals surface area contributed by atoms with Gasteiger partial charge in [-0.2, -0.15) is 13.2 Å². The second-order valence-electron chi connectivity index (χ2n) is 6.82. The van der Waals surface area contributed by atoms with Crippen molar-refractivity contribution in [3.8, 4) is 0 Å². The van der Waals surface area contributed by atoms with E-state index in [1.54, 1.807) is 55.5 Å². The number of hydrogen-bond donors (Lipinski definition) is 2. The monoisotopic (exact) mass is 478 g/mol. The molecule has 1 unspecified atom stereocenters. The molecule has 0 fully saturated rings. The van der Waals surface area contributed by atoms with Gasteiger partial charge in [0.25, 0.3) is 5.91 Å². The topological polar surface area (TPSA) is 58.2 Å². The summed E-state index contributed by atoms with van der Waals surface area (Å²) in [7, 11) is 0. The van der Waals surface area contributed by atoms with Crippen molar-refractivity contribution in [1.82, 2.24) is 0 Å². The van der Waals surface area contributed by atoms with Crippen LogP contribution in [0.15, 0.2) is 77.7 Å². The first-order chi connectivity index (χ1) is 15.1. The minimum Gasteiger partial charge on any atom is -0.325 e. The SMILES string of the molecule is CC(Sc1cccc(NC(=O)c2cccc(Cl)c2)c1)C(=O)Nc1cccc(C(F)(F)F)c1. The molecule has 2 N–H and O–H groups in total. The van der Waals surface area contributed by atoms with Crippen molar-refractivity contribution in [3.63, 3.8) is 0 Å². The summed E-state index contributed by atoms with van der Waals surface area (Å²) >= 11 is 7.13. The maximum Gasteiger partial charge on any atom is 0.416 e. The van der Waals surface area contributed by atoms with Gasteiger partial charge < -0.3 is 10.6 Å². The van der Waals surface area contributed by atoms with Gasteiger partial charge in [0, 0.05) is 26.9 Å². The van der Waals surface area contributed by atoms with Crippen LogP contribution in [0.25, 0.3) is 0 Å². The summed E-state index contributed by atoms with van der Waals surface area (Å²) in [6, 6.07) is 17.9. The Morgan fingerprint density at radius 2 is 1.56 bits per heavy atom. The van der Waals surface area contributed by atoms with E-state index in [2.05, 4.69) is 10.6 Å². The van der Waals surface area contributed by atoms with E-state index >= 15 is 0 Å². The summed E-state index contributed by atoms with van der Waals surface area (Å²) < 4.78 is 38.6. The van der Waals surface area contributed by atoms with Crippen LogP contribution in [-0.2, 0) is 11.0 Å². The van der Waals surface area contributed by atoms with Gasteiger partial charge in [0.05, 0.1) is 10.8 Å². The van der Waals surface area contributed by atoms with Gasteiger partial charge in [-0.05, 0) is 61.5 Å². The van der Waals surface area contributed by atoms with Crippen LogP contribution in [-0.4, -0.2) is 17.1 Å². The molecule has 0 aliphatic heterocycles. The van der Waals surface area contributed by atoms with Gasteiger partial charge in [0.15, 0.2) is 0 Å². The molecule has 0 heterocycles. The van der Waals surface area contributed by atoms with Gasteiger partial charge in [-0.3, -0.25) is 9.59 Å². The van der Waals surface area contributed by atoms with E-state index in [1.807, 2.05) is 0 Å². The van der Waals surface area contributed by atoms with Gasteiger partial charge >= 0.3 is 6.18 Å². The van der Waals surface area contributed by atoms with Crippen molar-refractivity contribution in [2.24, 2.45) is 0 Å². The average molecular weight is 479 g/mol. The third-order valence-corrected chi connectivity index (χ3v) is 5.65. The normalized spacial score (nSPS) is 12.2.